The van der Waals surface area contributed by atoms with Crippen molar-refractivity contribution in [2.45, 2.75) is 51.0 Å². The minimum Gasteiger partial charge on any atom is -0.432 e. The lowest BCUT2D eigenvalue weighted by Gasteiger charge is -2.30. The summed E-state index contributed by atoms with van der Waals surface area (Å²) >= 11 is 6.02. The molecule has 1 unspecified atom stereocenters. The number of anilines is 1. The van der Waals surface area contributed by atoms with Crippen LogP contribution in [0.1, 0.15) is 44.4 Å². The second kappa shape index (κ2) is 11.5. The normalized spacial score (nSPS) is 26.5. The smallest absolute Gasteiger partial charge is 0.432 e. The molecule has 5 rings (SSSR count). The van der Waals surface area contributed by atoms with Gasteiger partial charge in [0, 0.05) is 29.3 Å². The number of rotatable bonds is 7. The number of carbonyl (C=O) groups is 1. The molecule has 0 bridgehead atoms. The third-order valence-corrected chi connectivity index (χ3v) is 8.49. The zero-order valence-electron chi connectivity index (χ0n) is 22.1. The second-order valence-corrected chi connectivity index (χ2v) is 12.0. The van der Waals surface area contributed by atoms with E-state index in [9.17, 15) is 18.5 Å². The zero-order chi connectivity index (χ0) is 29.5. The van der Waals surface area contributed by atoms with Crippen molar-refractivity contribution in [3.63, 3.8) is 0 Å². The summed E-state index contributed by atoms with van der Waals surface area (Å²) in [5.41, 5.74) is 6.14. The number of phosphoric acid groups is 1. The second-order valence-electron chi connectivity index (χ2n) is 9.91. The van der Waals surface area contributed by atoms with E-state index in [-0.39, 0.29) is 48.7 Å². The van der Waals surface area contributed by atoms with Crippen molar-refractivity contribution in [2.24, 2.45) is 5.92 Å². The first-order chi connectivity index (χ1) is 19.4. The molecule has 1 aliphatic heterocycles. The number of hydrogen-bond donors (Lipinski definition) is 2. The summed E-state index contributed by atoms with van der Waals surface area (Å²) in [7, 11) is -4.18. The number of phosphoric ester groups is 1. The van der Waals surface area contributed by atoms with E-state index in [1.54, 1.807) is 18.4 Å². The Hall–Kier alpha value is -3.29. The van der Waals surface area contributed by atoms with Crippen molar-refractivity contribution in [1.29, 1.82) is 0 Å². The van der Waals surface area contributed by atoms with Gasteiger partial charge in [0.2, 0.25) is 5.95 Å². The lowest BCUT2D eigenvalue weighted by molar-refractivity contribution is -0.0149. The van der Waals surface area contributed by atoms with E-state index in [0.29, 0.717) is 10.6 Å². The first-order valence-electron chi connectivity index (χ1n) is 12.7. The lowest BCUT2D eigenvalue weighted by atomic mass is 10.0. The molecule has 3 aromatic rings. The Morgan fingerprint density at radius 1 is 1.41 bits per heavy atom. The fourth-order valence-electron chi connectivity index (χ4n) is 4.90. The largest absolute Gasteiger partial charge is 0.508 e. The Bertz CT molecular complexity index is 1600. The number of nitrogens with zero attached hydrogens (tertiary/aromatic N) is 3. The molecular weight excluding hydrogens is 584 g/mol. The Balaban J connectivity index is 1.38. The molecule has 3 heterocycles. The number of carbonyl (C=O) groups excluding carboxylic acids is 1. The Labute approximate surface area is 238 Å². The average Bonchev–Trinajstić information content (AvgIpc) is 3.44. The monoisotopic (exact) mass is 611 g/mol. The topological polar surface area (TPSA) is 170 Å². The lowest BCUT2D eigenvalue weighted by Crippen LogP contribution is -2.28. The molecule has 1 aromatic carbocycles. The van der Waals surface area contributed by atoms with Crippen LogP contribution in [0.2, 0.25) is 5.02 Å². The van der Waals surface area contributed by atoms with Crippen molar-refractivity contribution >= 4 is 42.7 Å². The zero-order valence-corrected chi connectivity index (χ0v) is 23.8. The van der Waals surface area contributed by atoms with Gasteiger partial charge in [-0.05, 0) is 37.6 Å². The van der Waals surface area contributed by atoms with Crippen LogP contribution in [0.3, 0.4) is 0 Å². The van der Waals surface area contributed by atoms with Crippen LogP contribution in [-0.2, 0) is 27.6 Å². The molecule has 1 saturated heterocycles. The van der Waals surface area contributed by atoms with Gasteiger partial charge >= 0.3 is 14.0 Å². The van der Waals surface area contributed by atoms with E-state index in [1.165, 1.54) is 24.5 Å². The predicted octanol–water partition coefficient (Wildman–Crippen LogP) is 4.84. The maximum absolute atomic E-state index is 14.5. The molecule has 2 aliphatic rings. The van der Waals surface area contributed by atoms with Crippen molar-refractivity contribution in [1.82, 2.24) is 19.5 Å². The van der Waals surface area contributed by atoms with Crippen LogP contribution in [-0.4, -0.2) is 51.1 Å². The van der Waals surface area contributed by atoms with E-state index in [1.807, 2.05) is 0 Å². The van der Waals surface area contributed by atoms with Crippen molar-refractivity contribution in [3.05, 3.63) is 63.4 Å². The Morgan fingerprint density at radius 3 is 2.95 bits per heavy atom. The molecule has 0 radical (unpaired) electrons. The number of aromatic amines is 1. The third kappa shape index (κ3) is 6.16. The highest BCUT2D eigenvalue weighted by molar-refractivity contribution is 7.48. The van der Waals surface area contributed by atoms with Gasteiger partial charge in [-0.1, -0.05) is 18.2 Å². The van der Waals surface area contributed by atoms with Crippen LogP contribution in [0.25, 0.3) is 11.2 Å². The van der Waals surface area contributed by atoms with Crippen LogP contribution >= 0.6 is 19.4 Å². The minimum atomic E-state index is -4.18. The van der Waals surface area contributed by atoms with E-state index in [2.05, 4.69) is 21.5 Å². The summed E-state index contributed by atoms with van der Waals surface area (Å²) in [5, 5.41) is 0.291. The summed E-state index contributed by atoms with van der Waals surface area (Å²) in [4.78, 5) is 35.5. The van der Waals surface area contributed by atoms with E-state index < -0.39 is 55.6 Å². The fourth-order valence-corrected chi connectivity index (χ4v) is 6.48. The minimum absolute atomic E-state index is 0.0224. The molecule has 2 fully saturated rings. The van der Waals surface area contributed by atoms with Gasteiger partial charge in [0.1, 0.15) is 11.9 Å². The number of aromatic nitrogens is 4. The summed E-state index contributed by atoms with van der Waals surface area (Å²) in [5.74, 6) is -1.38. The number of nitrogen functional groups attached to an aromatic ring is 1. The molecule has 220 valence electrons. The number of halogens is 2. The van der Waals surface area contributed by atoms with Crippen LogP contribution in [0.4, 0.5) is 15.1 Å². The predicted molar refractivity (Wildman–Crippen MR) is 145 cm³/mol. The van der Waals surface area contributed by atoms with Crippen molar-refractivity contribution < 1.29 is 36.8 Å². The SMILES string of the molecule is C=C1C(n2cnc3c(=O)[nH]c(N)nc32)C[C@H](OC(=O)OC(C)C)[C@H]1CO[P@]1(=O)OCC[C@H](c2cc(Cl)ccc2F)O1. The molecule has 0 spiro atoms. The Morgan fingerprint density at radius 2 is 2.20 bits per heavy atom. The number of imidazole rings is 1. The van der Waals surface area contributed by atoms with Gasteiger partial charge < -0.3 is 19.8 Å². The quantitative estimate of drug-likeness (QED) is 0.213. The number of hydrogen-bond acceptors (Lipinski definition) is 11. The first-order valence-corrected chi connectivity index (χ1v) is 14.6. The van der Waals surface area contributed by atoms with E-state index in [4.69, 9.17) is 40.4 Å². The molecule has 1 saturated carbocycles. The van der Waals surface area contributed by atoms with Crippen LogP contribution in [0.5, 0.6) is 0 Å². The number of fused-ring (bicyclic) bond motifs is 1. The molecule has 0 amide bonds. The molecule has 13 nitrogen and oxygen atoms in total. The number of nitrogens with two attached hydrogens (primary N) is 1. The van der Waals surface area contributed by atoms with Crippen LogP contribution < -0.4 is 11.3 Å². The highest BCUT2D eigenvalue weighted by atomic mass is 35.5. The van der Waals surface area contributed by atoms with Gasteiger partial charge in [0.05, 0.1) is 37.8 Å². The highest BCUT2D eigenvalue weighted by Crippen LogP contribution is 2.58. The van der Waals surface area contributed by atoms with Gasteiger partial charge in [-0.25, -0.2) is 18.7 Å². The van der Waals surface area contributed by atoms with Crippen LogP contribution in [0.15, 0.2) is 41.5 Å². The molecule has 16 heteroatoms. The summed E-state index contributed by atoms with van der Waals surface area (Å²) in [6.45, 7) is 7.20. The van der Waals surface area contributed by atoms with Gasteiger partial charge in [0.25, 0.3) is 5.56 Å². The standard InChI is InChI=1S/C25H28ClFN5O8P/c1-12(2)38-25(34)39-20-9-18(32-11-29-21-22(32)30-24(28)31-23(21)33)13(3)16(20)10-37-41(35)36-7-6-19(40-41)15-8-14(26)4-5-17(15)27/h4-5,8,11-12,16,18-20H,3,6-7,9-10H2,1-2H3,(H3,28,30,31,33)/t16-,18?,19+,20-,41-/m0/s1. The summed E-state index contributed by atoms with van der Waals surface area (Å²) < 4.78 is 56.9. The van der Waals surface area contributed by atoms with Gasteiger partial charge in [0.15, 0.2) is 11.2 Å². The van der Waals surface area contributed by atoms with E-state index in [0.717, 1.165) is 0 Å². The molecule has 1 aliphatic carbocycles. The maximum atomic E-state index is 14.5. The Kier molecular flexibility index (Phi) is 8.22. The summed E-state index contributed by atoms with van der Waals surface area (Å²) in [6.07, 6.45) is -1.29. The van der Waals surface area contributed by atoms with Crippen LogP contribution in [0, 0.1) is 11.7 Å². The number of H-pyrrole nitrogens is 1. The maximum Gasteiger partial charge on any atom is 0.508 e. The number of benzene rings is 1. The summed E-state index contributed by atoms with van der Waals surface area (Å²) in [6, 6.07) is 3.43. The number of nitrogens with one attached hydrogen (secondary N) is 1. The average molecular weight is 612 g/mol. The molecule has 3 N–H and O–H groups in total. The van der Waals surface area contributed by atoms with Gasteiger partial charge in [-0.3, -0.25) is 23.3 Å². The highest BCUT2D eigenvalue weighted by Gasteiger charge is 2.45. The number of ether oxygens (including phenoxy) is 2. The molecule has 2 aromatic heterocycles. The van der Waals surface area contributed by atoms with Gasteiger partial charge in [-0.2, -0.15) is 4.98 Å². The van der Waals surface area contributed by atoms with Gasteiger partial charge in [-0.15, -0.1) is 0 Å². The fraction of sp³-hybridized carbons (Fsp3) is 0.440. The molecular formula is C25H28ClFN5O8P. The van der Waals surface area contributed by atoms with Crippen molar-refractivity contribution in [2.75, 3.05) is 18.9 Å². The first kappa shape index (κ1) is 29.2. The molecule has 5 atom stereocenters. The third-order valence-electron chi connectivity index (χ3n) is 6.78. The van der Waals surface area contributed by atoms with E-state index >= 15 is 0 Å². The molecule has 41 heavy (non-hydrogen) atoms. The van der Waals surface area contributed by atoms with Crippen molar-refractivity contribution in [3.8, 4) is 0 Å².